The monoisotopic (exact) mass is 254 g/mol. The maximum Gasteiger partial charge on any atom is 0.315 e. The number of hydrogen-bond acceptors (Lipinski definition) is 2. The number of carboxylic acids is 1. The van der Waals surface area contributed by atoms with E-state index < -0.39 is 18.0 Å². The van der Waals surface area contributed by atoms with Crippen LogP contribution in [0.3, 0.4) is 0 Å². The Bertz CT molecular complexity index is 339. The van der Waals surface area contributed by atoms with E-state index in [9.17, 15) is 9.59 Å². The highest BCUT2D eigenvalue weighted by atomic mass is 16.4. The van der Waals surface area contributed by atoms with Crippen molar-refractivity contribution in [1.29, 1.82) is 0 Å². The van der Waals surface area contributed by atoms with Crippen LogP contribution in [0, 0.1) is 17.8 Å². The summed E-state index contributed by atoms with van der Waals surface area (Å²) in [4.78, 5) is 22.3. The molecule has 0 bridgehead atoms. The molecule has 0 aliphatic carbocycles. The number of urea groups is 1. The van der Waals surface area contributed by atoms with E-state index in [4.69, 9.17) is 11.5 Å². The van der Waals surface area contributed by atoms with Crippen molar-refractivity contribution in [2.24, 2.45) is 5.41 Å². The summed E-state index contributed by atoms with van der Waals surface area (Å²) in [5, 5.41) is 14.0. The molecule has 0 saturated carbocycles. The SMILES string of the molecule is C#CC(C)NC(=O)NC(CC(=O)O)CC(C)(C)C. The fourth-order valence-electron chi connectivity index (χ4n) is 1.59. The van der Waals surface area contributed by atoms with Gasteiger partial charge >= 0.3 is 12.0 Å². The van der Waals surface area contributed by atoms with E-state index in [-0.39, 0.29) is 17.9 Å². The topological polar surface area (TPSA) is 78.4 Å². The minimum atomic E-state index is -0.936. The molecule has 0 rings (SSSR count). The van der Waals surface area contributed by atoms with Crippen LogP contribution in [0.15, 0.2) is 0 Å². The fourth-order valence-corrected chi connectivity index (χ4v) is 1.59. The van der Waals surface area contributed by atoms with Crippen molar-refractivity contribution in [3.63, 3.8) is 0 Å². The predicted octanol–water partition coefficient (Wildman–Crippen LogP) is 1.59. The third-order valence-corrected chi connectivity index (χ3v) is 2.21. The molecular weight excluding hydrogens is 232 g/mol. The van der Waals surface area contributed by atoms with Gasteiger partial charge in [0.25, 0.3) is 0 Å². The molecule has 0 fully saturated rings. The van der Waals surface area contributed by atoms with Gasteiger partial charge in [0.05, 0.1) is 12.5 Å². The van der Waals surface area contributed by atoms with Crippen molar-refractivity contribution >= 4 is 12.0 Å². The quantitative estimate of drug-likeness (QED) is 0.652. The highest BCUT2D eigenvalue weighted by Gasteiger charge is 2.22. The second-order valence-electron chi connectivity index (χ2n) is 5.57. The Balaban J connectivity index is 4.45. The first-order valence-corrected chi connectivity index (χ1v) is 5.89. The molecule has 3 N–H and O–H groups in total. The van der Waals surface area contributed by atoms with Crippen LogP contribution in [0.1, 0.15) is 40.5 Å². The van der Waals surface area contributed by atoms with Gasteiger partial charge in [-0.1, -0.05) is 26.7 Å². The van der Waals surface area contributed by atoms with Crippen LogP contribution in [0.5, 0.6) is 0 Å². The van der Waals surface area contributed by atoms with Crippen molar-refractivity contribution in [2.45, 2.75) is 52.6 Å². The van der Waals surface area contributed by atoms with Gasteiger partial charge < -0.3 is 15.7 Å². The molecule has 2 amide bonds. The summed E-state index contributed by atoms with van der Waals surface area (Å²) < 4.78 is 0. The molecule has 0 radical (unpaired) electrons. The number of rotatable bonds is 5. The van der Waals surface area contributed by atoms with Gasteiger partial charge in [-0.15, -0.1) is 6.42 Å². The van der Waals surface area contributed by atoms with Gasteiger partial charge in [0.1, 0.15) is 0 Å². The predicted molar refractivity (Wildman–Crippen MR) is 70.1 cm³/mol. The van der Waals surface area contributed by atoms with Crippen LogP contribution < -0.4 is 10.6 Å². The Kier molecular flexibility index (Phi) is 6.24. The number of aliphatic carboxylic acids is 1. The largest absolute Gasteiger partial charge is 0.481 e. The minimum absolute atomic E-state index is 0.0644. The summed E-state index contributed by atoms with van der Waals surface area (Å²) in [6, 6.07) is -1.23. The van der Waals surface area contributed by atoms with Crippen molar-refractivity contribution < 1.29 is 14.7 Å². The highest BCUT2D eigenvalue weighted by Crippen LogP contribution is 2.22. The summed E-state index contributed by atoms with van der Waals surface area (Å²) in [6.45, 7) is 7.65. The molecule has 0 aromatic heterocycles. The molecule has 0 heterocycles. The zero-order valence-electron chi connectivity index (χ0n) is 11.4. The summed E-state index contributed by atoms with van der Waals surface area (Å²) in [6.07, 6.45) is 5.63. The van der Waals surface area contributed by atoms with Crippen LogP contribution >= 0.6 is 0 Å². The Morgan fingerprint density at radius 2 is 1.89 bits per heavy atom. The van der Waals surface area contributed by atoms with E-state index in [2.05, 4.69) is 16.6 Å². The second-order valence-corrected chi connectivity index (χ2v) is 5.57. The first kappa shape index (κ1) is 16.3. The average Bonchev–Trinajstić information content (AvgIpc) is 2.12. The van der Waals surface area contributed by atoms with Crippen LogP contribution in [-0.2, 0) is 4.79 Å². The van der Waals surface area contributed by atoms with Gasteiger partial charge in [-0.05, 0) is 18.8 Å². The Labute approximate surface area is 108 Å². The summed E-state index contributed by atoms with van der Waals surface area (Å²) >= 11 is 0. The molecule has 0 spiro atoms. The van der Waals surface area contributed by atoms with Crippen molar-refractivity contribution in [1.82, 2.24) is 10.6 Å². The zero-order valence-corrected chi connectivity index (χ0v) is 11.4. The second kappa shape index (κ2) is 6.90. The summed E-state index contributed by atoms with van der Waals surface area (Å²) in [5.74, 6) is 1.43. The van der Waals surface area contributed by atoms with Crippen LogP contribution in [0.4, 0.5) is 4.79 Å². The number of terminal acetylenes is 1. The number of carbonyl (C=O) groups is 2. The van der Waals surface area contributed by atoms with E-state index in [1.807, 2.05) is 20.8 Å². The molecule has 0 aliphatic rings. The minimum Gasteiger partial charge on any atom is -0.481 e. The molecule has 0 aromatic rings. The number of amides is 2. The molecule has 102 valence electrons. The Morgan fingerprint density at radius 1 is 1.33 bits per heavy atom. The van der Waals surface area contributed by atoms with Crippen LogP contribution in [-0.4, -0.2) is 29.2 Å². The van der Waals surface area contributed by atoms with Gasteiger partial charge in [0.2, 0.25) is 0 Å². The van der Waals surface area contributed by atoms with E-state index in [0.29, 0.717) is 6.42 Å². The van der Waals surface area contributed by atoms with Crippen molar-refractivity contribution in [3.8, 4) is 12.3 Å². The lowest BCUT2D eigenvalue weighted by Gasteiger charge is -2.26. The van der Waals surface area contributed by atoms with Gasteiger partial charge in [-0.2, -0.15) is 0 Å². The maximum atomic E-state index is 11.6. The lowest BCUT2D eigenvalue weighted by Crippen LogP contribution is -2.46. The van der Waals surface area contributed by atoms with E-state index in [1.165, 1.54) is 0 Å². The van der Waals surface area contributed by atoms with Crippen molar-refractivity contribution in [2.75, 3.05) is 0 Å². The number of hydrogen-bond donors (Lipinski definition) is 3. The molecule has 0 aliphatic heterocycles. The standard InChI is InChI=1S/C13H22N2O3/c1-6-9(2)14-12(18)15-10(7-11(16)17)8-13(3,4)5/h1,9-10H,7-8H2,2-5H3,(H,16,17)(H2,14,15,18). The third kappa shape index (κ3) is 8.45. The Hall–Kier alpha value is -1.70. The number of carbonyl (C=O) groups excluding carboxylic acids is 1. The van der Waals surface area contributed by atoms with E-state index >= 15 is 0 Å². The smallest absolute Gasteiger partial charge is 0.315 e. The summed E-state index contributed by atoms with van der Waals surface area (Å²) in [7, 11) is 0. The molecule has 0 saturated heterocycles. The first-order valence-electron chi connectivity index (χ1n) is 5.89. The maximum absolute atomic E-state index is 11.6. The number of nitrogens with one attached hydrogen (secondary N) is 2. The van der Waals surface area contributed by atoms with Crippen LogP contribution in [0.25, 0.3) is 0 Å². The third-order valence-electron chi connectivity index (χ3n) is 2.21. The molecule has 5 heteroatoms. The lowest BCUT2D eigenvalue weighted by atomic mass is 9.87. The Morgan fingerprint density at radius 3 is 2.28 bits per heavy atom. The zero-order chi connectivity index (χ0) is 14.3. The lowest BCUT2D eigenvalue weighted by molar-refractivity contribution is -0.137. The molecule has 0 aromatic carbocycles. The van der Waals surface area contributed by atoms with E-state index in [1.54, 1.807) is 6.92 Å². The average molecular weight is 254 g/mol. The van der Waals surface area contributed by atoms with E-state index in [0.717, 1.165) is 0 Å². The molecular formula is C13H22N2O3. The normalized spacial score (nSPS) is 14.2. The van der Waals surface area contributed by atoms with Gasteiger partial charge in [0, 0.05) is 6.04 Å². The van der Waals surface area contributed by atoms with Gasteiger partial charge in [0.15, 0.2) is 0 Å². The van der Waals surface area contributed by atoms with Crippen molar-refractivity contribution in [3.05, 3.63) is 0 Å². The fraction of sp³-hybridized carbons (Fsp3) is 0.692. The van der Waals surface area contributed by atoms with Gasteiger partial charge in [-0.3, -0.25) is 4.79 Å². The first-order chi connectivity index (χ1) is 8.14. The molecule has 5 nitrogen and oxygen atoms in total. The molecule has 2 unspecified atom stereocenters. The van der Waals surface area contributed by atoms with Crippen LogP contribution in [0.2, 0.25) is 0 Å². The highest BCUT2D eigenvalue weighted by molar-refractivity contribution is 5.76. The summed E-state index contributed by atoms with van der Waals surface area (Å²) in [5.41, 5.74) is -0.0644. The molecule has 2 atom stereocenters. The number of carboxylic acid groups (broad SMARTS) is 1. The molecule has 18 heavy (non-hydrogen) atoms. The van der Waals surface area contributed by atoms with Gasteiger partial charge in [-0.25, -0.2) is 4.79 Å².